The molecule has 0 fully saturated rings. The predicted octanol–water partition coefficient (Wildman–Crippen LogP) is 8.43. The molecule has 0 aliphatic heterocycles. The second-order valence-corrected chi connectivity index (χ2v) is 13.1. The Kier molecular flexibility index (Phi) is 10.7. The van der Waals surface area contributed by atoms with Crippen molar-refractivity contribution in [3.63, 3.8) is 0 Å². The maximum absolute atomic E-state index is 13.5. The lowest BCUT2D eigenvalue weighted by atomic mass is 10.0. The zero-order valence-corrected chi connectivity index (χ0v) is 27.7. The van der Waals surface area contributed by atoms with Crippen molar-refractivity contribution in [3.8, 4) is 17.2 Å². The van der Waals surface area contributed by atoms with Gasteiger partial charge in [0.05, 0.1) is 10.8 Å². The number of aryl methyl sites for hydroxylation is 2. The first-order valence-corrected chi connectivity index (χ1v) is 16.6. The van der Waals surface area contributed by atoms with E-state index in [1.165, 1.54) is 23.1 Å². The Morgan fingerprint density at radius 1 is 0.872 bits per heavy atom. The Balaban J connectivity index is 1.28. The standard InChI is InChI=1S/C38H32N4O3S2/c1-24-16-18-27(19-17-24)33-23-46-38(32(33)22-39)42-35(43)26(3)47-31-15-9-14-30(21-31)40-37(45)34(20-29-13-8-7-10-25(29)2)41-36(44)28-11-5-4-6-12-28/h4-21,23,26H,1-3H3,(H,40,45)(H,41,44)(H,42,43)/b34-20-. The fourth-order valence-corrected chi connectivity index (χ4v) is 6.52. The van der Waals surface area contributed by atoms with Gasteiger partial charge < -0.3 is 16.0 Å². The van der Waals surface area contributed by atoms with E-state index in [-0.39, 0.29) is 11.6 Å². The summed E-state index contributed by atoms with van der Waals surface area (Å²) in [5.74, 6) is -1.14. The van der Waals surface area contributed by atoms with Gasteiger partial charge in [0, 0.05) is 27.1 Å². The van der Waals surface area contributed by atoms with Gasteiger partial charge in [0.15, 0.2) is 0 Å². The van der Waals surface area contributed by atoms with Gasteiger partial charge in [-0.1, -0.05) is 78.4 Å². The Bertz CT molecular complexity index is 1990. The second kappa shape index (κ2) is 15.2. The van der Waals surface area contributed by atoms with Gasteiger partial charge in [-0.05, 0) is 73.9 Å². The summed E-state index contributed by atoms with van der Waals surface area (Å²) in [7, 11) is 0. The molecule has 0 spiro atoms. The summed E-state index contributed by atoms with van der Waals surface area (Å²) >= 11 is 2.65. The summed E-state index contributed by atoms with van der Waals surface area (Å²) in [6.07, 6.45) is 1.65. The Morgan fingerprint density at radius 3 is 2.32 bits per heavy atom. The molecule has 0 radical (unpaired) electrons. The summed E-state index contributed by atoms with van der Waals surface area (Å²) in [6, 6.07) is 33.6. The molecule has 1 unspecified atom stereocenters. The van der Waals surface area contributed by atoms with Crippen LogP contribution >= 0.6 is 23.1 Å². The molecule has 1 aromatic heterocycles. The number of hydrogen-bond acceptors (Lipinski definition) is 6. The number of thioether (sulfide) groups is 1. The molecule has 5 rings (SSSR count). The van der Waals surface area contributed by atoms with Crippen LogP contribution in [0.1, 0.15) is 39.5 Å². The van der Waals surface area contributed by atoms with Crippen LogP contribution in [0.4, 0.5) is 10.7 Å². The lowest BCUT2D eigenvalue weighted by Crippen LogP contribution is -2.30. The van der Waals surface area contributed by atoms with E-state index < -0.39 is 17.1 Å². The topological polar surface area (TPSA) is 111 Å². The number of nitrogens with one attached hydrogen (secondary N) is 3. The van der Waals surface area contributed by atoms with Crippen molar-refractivity contribution in [1.82, 2.24) is 5.32 Å². The number of rotatable bonds is 10. The predicted molar refractivity (Wildman–Crippen MR) is 191 cm³/mol. The molecule has 0 saturated carbocycles. The van der Waals surface area contributed by atoms with Crippen molar-refractivity contribution < 1.29 is 14.4 Å². The molecule has 3 amide bonds. The molecule has 1 atom stereocenters. The van der Waals surface area contributed by atoms with E-state index in [1.807, 2.05) is 79.9 Å². The number of benzene rings is 4. The summed E-state index contributed by atoms with van der Waals surface area (Å²) in [5, 5.41) is 20.3. The molecular formula is C38H32N4O3S2. The zero-order valence-electron chi connectivity index (χ0n) is 26.0. The normalized spacial score (nSPS) is 11.7. The lowest BCUT2D eigenvalue weighted by Gasteiger charge is -2.14. The van der Waals surface area contributed by atoms with E-state index in [1.54, 1.807) is 55.5 Å². The average molecular weight is 657 g/mol. The molecule has 0 bridgehead atoms. The van der Waals surface area contributed by atoms with Gasteiger partial charge in [-0.3, -0.25) is 14.4 Å². The maximum atomic E-state index is 13.5. The van der Waals surface area contributed by atoms with Crippen LogP contribution in [0.2, 0.25) is 0 Å². The molecule has 1 heterocycles. The van der Waals surface area contributed by atoms with Crippen LogP contribution in [-0.4, -0.2) is 23.0 Å². The van der Waals surface area contributed by atoms with E-state index in [4.69, 9.17) is 0 Å². The molecule has 4 aromatic carbocycles. The van der Waals surface area contributed by atoms with Gasteiger partial charge in [0.1, 0.15) is 16.8 Å². The van der Waals surface area contributed by atoms with E-state index in [9.17, 15) is 19.6 Å². The van der Waals surface area contributed by atoms with Crippen LogP contribution in [0.3, 0.4) is 0 Å². The zero-order chi connectivity index (χ0) is 33.3. The molecule has 47 heavy (non-hydrogen) atoms. The smallest absolute Gasteiger partial charge is 0.272 e. The maximum Gasteiger partial charge on any atom is 0.272 e. The first-order valence-electron chi connectivity index (χ1n) is 14.8. The van der Waals surface area contributed by atoms with Crippen LogP contribution in [-0.2, 0) is 9.59 Å². The van der Waals surface area contributed by atoms with Crippen molar-refractivity contribution in [2.75, 3.05) is 10.6 Å². The quantitative estimate of drug-likeness (QED) is 0.103. The minimum absolute atomic E-state index is 0.0909. The van der Waals surface area contributed by atoms with Crippen molar-refractivity contribution in [3.05, 3.63) is 142 Å². The number of hydrogen-bond donors (Lipinski definition) is 3. The molecule has 7 nitrogen and oxygen atoms in total. The minimum atomic E-state index is -0.501. The SMILES string of the molecule is Cc1ccc(-c2csc(NC(=O)C(C)Sc3cccc(NC(=O)/C(=C/c4ccccc4C)NC(=O)c4ccccc4)c3)c2C#N)cc1. The highest BCUT2D eigenvalue weighted by molar-refractivity contribution is 8.00. The molecule has 5 aromatic rings. The third-order valence-corrected chi connectivity index (χ3v) is 9.28. The number of carbonyl (C=O) groups excluding carboxylic acids is 3. The van der Waals surface area contributed by atoms with Crippen LogP contribution in [0.15, 0.2) is 119 Å². The average Bonchev–Trinajstić information content (AvgIpc) is 3.48. The molecule has 9 heteroatoms. The van der Waals surface area contributed by atoms with E-state index >= 15 is 0 Å². The largest absolute Gasteiger partial charge is 0.321 e. The van der Waals surface area contributed by atoms with Gasteiger partial charge in [0.2, 0.25) is 5.91 Å². The van der Waals surface area contributed by atoms with Crippen LogP contribution in [0.25, 0.3) is 17.2 Å². The first-order chi connectivity index (χ1) is 22.7. The van der Waals surface area contributed by atoms with E-state index in [0.717, 1.165) is 32.7 Å². The summed E-state index contributed by atoms with van der Waals surface area (Å²) in [4.78, 5) is 40.5. The number of nitrogens with zero attached hydrogens (tertiary/aromatic N) is 1. The summed E-state index contributed by atoms with van der Waals surface area (Å²) < 4.78 is 0. The van der Waals surface area contributed by atoms with Gasteiger partial charge in [-0.15, -0.1) is 23.1 Å². The molecule has 3 N–H and O–H groups in total. The molecule has 0 aliphatic carbocycles. The highest BCUT2D eigenvalue weighted by Gasteiger charge is 2.21. The molecular weight excluding hydrogens is 625 g/mol. The summed E-state index contributed by atoms with van der Waals surface area (Å²) in [5.41, 5.74) is 6.03. The van der Waals surface area contributed by atoms with Crippen LogP contribution < -0.4 is 16.0 Å². The Labute approximate surface area is 282 Å². The number of amides is 3. The fourth-order valence-electron chi connectivity index (χ4n) is 4.67. The van der Waals surface area contributed by atoms with Crippen molar-refractivity contribution in [1.29, 1.82) is 5.26 Å². The van der Waals surface area contributed by atoms with Crippen molar-refractivity contribution in [2.24, 2.45) is 0 Å². The monoisotopic (exact) mass is 656 g/mol. The third-order valence-electron chi connectivity index (χ3n) is 7.29. The van der Waals surface area contributed by atoms with Crippen molar-refractivity contribution >= 4 is 57.6 Å². The van der Waals surface area contributed by atoms with Gasteiger partial charge >= 0.3 is 0 Å². The number of anilines is 2. The highest BCUT2D eigenvalue weighted by Crippen LogP contribution is 2.36. The van der Waals surface area contributed by atoms with Crippen LogP contribution in [0, 0.1) is 25.2 Å². The first kappa shape index (κ1) is 32.9. The van der Waals surface area contributed by atoms with Crippen LogP contribution in [0.5, 0.6) is 0 Å². The van der Waals surface area contributed by atoms with Gasteiger partial charge in [-0.2, -0.15) is 5.26 Å². The minimum Gasteiger partial charge on any atom is -0.321 e. The molecule has 0 aliphatic rings. The van der Waals surface area contributed by atoms with Gasteiger partial charge in [-0.25, -0.2) is 0 Å². The van der Waals surface area contributed by atoms with Gasteiger partial charge in [0.25, 0.3) is 11.8 Å². The number of carbonyl (C=O) groups is 3. The third kappa shape index (κ3) is 8.44. The second-order valence-electron chi connectivity index (χ2n) is 10.8. The number of nitriles is 1. The Morgan fingerprint density at radius 2 is 1.60 bits per heavy atom. The highest BCUT2D eigenvalue weighted by atomic mass is 32.2. The number of thiophene rings is 1. The molecule has 234 valence electrons. The fraction of sp³-hybridized carbons (Fsp3) is 0.105. The van der Waals surface area contributed by atoms with E-state index in [0.29, 0.717) is 21.8 Å². The molecule has 0 saturated heterocycles. The lowest BCUT2D eigenvalue weighted by molar-refractivity contribution is -0.115. The van der Waals surface area contributed by atoms with Crippen molar-refractivity contribution in [2.45, 2.75) is 30.9 Å². The summed E-state index contributed by atoms with van der Waals surface area (Å²) in [6.45, 7) is 5.72. The van der Waals surface area contributed by atoms with E-state index in [2.05, 4.69) is 22.0 Å². The Hall–Kier alpha value is -5.43.